The van der Waals surface area contributed by atoms with Crippen LogP contribution in [0.5, 0.6) is 0 Å². The van der Waals surface area contributed by atoms with Gasteiger partial charge in [0.05, 0.1) is 15.7 Å². The molecule has 0 aliphatic carbocycles. The van der Waals surface area contributed by atoms with Crippen LogP contribution in [0.3, 0.4) is 0 Å². The number of nitrogens with one attached hydrogen (secondary N) is 1. The first-order valence-corrected chi connectivity index (χ1v) is 7.54. The van der Waals surface area contributed by atoms with Crippen molar-refractivity contribution in [2.75, 3.05) is 11.1 Å². The Labute approximate surface area is 140 Å². The molecular weight excluding hydrogens is 410 g/mol. The zero-order chi connectivity index (χ0) is 14.9. The average molecular weight is 421 g/mol. The maximum absolute atomic E-state index is 12.2. The molecule has 3 nitrogen and oxygen atoms in total. The molecule has 104 valence electrons. The lowest BCUT2D eigenvalue weighted by molar-refractivity contribution is 0.102. The molecule has 0 unspecified atom stereocenters. The summed E-state index contributed by atoms with van der Waals surface area (Å²) < 4.78 is 0.896. The van der Waals surface area contributed by atoms with Crippen LogP contribution < -0.4 is 11.1 Å². The van der Waals surface area contributed by atoms with Gasteiger partial charge in [0, 0.05) is 14.8 Å². The lowest BCUT2D eigenvalue weighted by Crippen LogP contribution is -2.13. The Kier molecular flexibility index (Phi) is 4.78. The van der Waals surface area contributed by atoms with Gasteiger partial charge in [0.25, 0.3) is 5.91 Å². The molecule has 0 radical (unpaired) electrons. The number of hydrogen-bond donors (Lipinski definition) is 2. The highest BCUT2D eigenvalue weighted by Gasteiger charge is 2.11. The van der Waals surface area contributed by atoms with Gasteiger partial charge in [-0.2, -0.15) is 0 Å². The first-order valence-electron chi connectivity index (χ1n) is 5.70. The minimum Gasteiger partial charge on any atom is -0.398 e. The van der Waals surface area contributed by atoms with E-state index < -0.39 is 0 Å². The molecule has 0 atom stereocenters. The summed E-state index contributed by atoms with van der Waals surface area (Å²) in [5.41, 5.74) is 8.15. The maximum atomic E-state index is 12.2. The summed E-state index contributed by atoms with van der Waals surface area (Å²) in [7, 11) is 0. The van der Waals surface area contributed by atoms with E-state index in [0.29, 0.717) is 27.0 Å². The van der Waals surface area contributed by atoms with Crippen LogP contribution in [0.15, 0.2) is 30.3 Å². The summed E-state index contributed by atoms with van der Waals surface area (Å²) in [5, 5.41) is 3.76. The van der Waals surface area contributed by atoms with Crippen LogP contribution in [0.2, 0.25) is 10.0 Å². The third-order valence-corrected chi connectivity index (χ3v) is 4.67. The van der Waals surface area contributed by atoms with Gasteiger partial charge in [0.15, 0.2) is 0 Å². The Balaban J connectivity index is 2.27. The van der Waals surface area contributed by atoms with Crippen LogP contribution in [-0.4, -0.2) is 5.91 Å². The van der Waals surface area contributed by atoms with Crippen molar-refractivity contribution in [2.24, 2.45) is 0 Å². The highest BCUT2D eigenvalue weighted by molar-refractivity contribution is 14.1. The Morgan fingerprint density at radius 2 is 1.90 bits per heavy atom. The fourth-order valence-electron chi connectivity index (χ4n) is 1.67. The van der Waals surface area contributed by atoms with Gasteiger partial charge < -0.3 is 11.1 Å². The molecule has 20 heavy (non-hydrogen) atoms. The summed E-state index contributed by atoms with van der Waals surface area (Å²) in [6, 6.07) is 8.50. The number of amides is 1. The molecule has 0 saturated carbocycles. The summed E-state index contributed by atoms with van der Waals surface area (Å²) in [6.07, 6.45) is 0. The highest BCUT2D eigenvalue weighted by atomic mass is 127. The molecule has 0 bridgehead atoms. The van der Waals surface area contributed by atoms with E-state index in [0.717, 1.165) is 9.13 Å². The predicted octanol–water partition coefficient (Wildman–Crippen LogP) is 4.74. The molecular formula is C14H11Cl2IN2O. The molecule has 6 heteroatoms. The van der Waals surface area contributed by atoms with Crippen molar-refractivity contribution in [2.45, 2.75) is 6.92 Å². The quantitative estimate of drug-likeness (QED) is 0.544. The smallest absolute Gasteiger partial charge is 0.255 e. The number of nitrogens with two attached hydrogens (primary N) is 1. The second-order valence-corrected chi connectivity index (χ2v) is 6.25. The normalized spacial score (nSPS) is 10.4. The highest BCUT2D eigenvalue weighted by Crippen LogP contribution is 2.27. The molecule has 0 aliphatic rings. The molecule has 1 amide bonds. The standard InChI is InChI=1S/C14H11Cl2IN2O/c1-7-4-12(18)10(16)6-13(7)19-14(20)8-2-3-11(17)9(15)5-8/h2-6H,18H2,1H3,(H,19,20). The zero-order valence-electron chi connectivity index (χ0n) is 10.5. The molecule has 0 spiro atoms. The van der Waals surface area contributed by atoms with Crippen LogP contribution >= 0.6 is 45.8 Å². The van der Waals surface area contributed by atoms with Gasteiger partial charge in [-0.3, -0.25) is 4.79 Å². The van der Waals surface area contributed by atoms with E-state index in [4.69, 9.17) is 28.9 Å². The first kappa shape index (κ1) is 15.4. The minimum atomic E-state index is -0.243. The number of carbonyl (C=O) groups is 1. The lowest BCUT2D eigenvalue weighted by Gasteiger charge is -2.11. The SMILES string of the molecule is Cc1cc(N)c(Cl)cc1NC(=O)c1ccc(I)c(Cl)c1. The molecule has 0 aliphatic heterocycles. The maximum Gasteiger partial charge on any atom is 0.255 e. The van der Waals surface area contributed by atoms with E-state index in [2.05, 4.69) is 27.9 Å². The van der Waals surface area contributed by atoms with Gasteiger partial charge in [0.1, 0.15) is 0 Å². The molecule has 2 aromatic rings. The fraction of sp³-hybridized carbons (Fsp3) is 0.0714. The van der Waals surface area contributed by atoms with Crippen molar-refractivity contribution in [3.8, 4) is 0 Å². The van der Waals surface area contributed by atoms with Crippen LogP contribution in [0, 0.1) is 10.5 Å². The average Bonchev–Trinajstić information content (AvgIpc) is 2.39. The van der Waals surface area contributed by atoms with Crippen molar-refractivity contribution in [3.05, 3.63) is 55.1 Å². The second kappa shape index (κ2) is 6.20. The van der Waals surface area contributed by atoms with Crippen molar-refractivity contribution in [3.63, 3.8) is 0 Å². The summed E-state index contributed by atoms with van der Waals surface area (Å²) >= 11 is 14.1. The van der Waals surface area contributed by atoms with E-state index in [1.165, 1.54) is 0 Å². The van der Waals surface area contributed by atoms with Crippen molar-refractivity contribution in [1.29, 1.82) is 0 Å². The summed E-state index contributed by atoms with van der Waals surface area (Å²) in [6.45, 7) is 1.85. The Morgan fingerprint density at radius 3 is 2.55 bits per heavy atom. The predicted molar refractivity (Wildman–Crippen MR) is 92.7 cm³/mol. The van der Waals surface area contributed by atoms with Crippen molar-refractivity contribution in [1.82, 2.24) is 0 Å². The Hall–Kier alpha value is -0.980. The molecule has 3 N–H and O–H groups in total. The van der Waals surface area contributed by atoms with Crippen molar-refractivity contribution >= 4 is 63.1 Å². The van der Waals surface area contributed by atoms with Crippen molar-refractivity contribution < 1.29 is 4.79 Å². The molecule has 2 aromatic carbocycles. The number of benzene rings is 2. The molecule has 0 aromatic heterocycles. The molecule has 0 heterocycles. The Morgan fingerprint density at radius 1 is 1.20 bits per heavy atom. The van der Waals surface area contributed by atoms with Crippen LogP contribution in [0.4, 0.5) is 11.4 Å². The van der Waals surface area contributed by atoms with Gasteiger partial charge in [-0.05, 0) is 65.4 Å². The number of hydrogen-bond acceptors (Lipinski definition) is 2. The van der Waals surface area contributed by atoms with Crippen LogP contribution in [0.25, 0.3) is 0 Å². The Bertz CT molecular complexity index is 689. The van der Waals surface area contributed by atoms with Gasteiger partial charge in [-0.15, -0.1) is 0 Å². The zero-order valence-corrected chi connectivity index (χ0v) is 14.2. The lowest BCUT2D eigenvalue weighted by atomic mass is 10.1. The largest absolute Gasteiger partial charge is 0.398 e. The number of rotatable bonds is 2. The summed E-state index contributed by atoms with van der Waals surface area (Å²) in [5.74, 6) is -0.243. The van der Waals surface area contributed by atoms with Gasteiger partial charge in [-0.25, -0.2) is 0 Å². The van der Waals surface area contributed by atoms with Crippen LogP contribution in [0.1, 0.15) is 15.9 Å². The van der Waals surface area contributed by atoms with E-state index in [9.17, 15) is 4.79 Å². The molecule has 0 saturated heterocycles. The third kappa shape index (κ3) is 3.37. The second-order valence-electron chi connectivity index (χ2n) is 4.27. The number of halogens is 3. The first-order chi connectivity index (χ1) is 9.38. The van der Waals surface area contributed by atoms with Gasteiger partial charge in [0.2, 0.25) is 0 Å². The topological polar surface area (TPSA) is 55.1 Å². The number of aryl methyl sites for hydroxylation is 1. The molecule has 0 fully saturated rings. The van der Waals surface area contributed by atoms with E-state index in [1.807, 2.05) is 6.92 Å². The van der Waals surface area contributed by atoms with Crippen LogP contribution in [-0.2, 0) is 0 Å². The number of anilines is 2. The number of nitrogen functional groups attached to an aromatic ring is 1. The monoisotopic (exact) mass is 420 g/mol. The van der Waals surface area contributed by atoms with E-state index >= 15 is 0 Å². The number of carbonyl (C=O) groups excluding carboxylic acids is 1. The minimum absolute atomic E-state index is 0.243. The third-order valence-electron chi connectivity index (χ3n) is 2.77. The fourth-order valence-corrected chi connectivity index (χ4v) is 2.35. The summed E-state index contributed by atoms with van der Waals surface area (Å²) in [4.78, 5) is 12.2. The molecule has 2 rings (SSSR count). The van der Waals surface area contributed by atoms with Gasteiger partial charge in [-0.1, -0.05) is 23.2 Å². The van der Waals surface area contributed by atoms with E-state index in [-0.39, 0.29) is 5.91 Å². The van der Waals surface area contributed by atoms with E-state index in [1.54, 1.807) is 30.3 Å². The van der Waals surface area contributed by atoms with Gasteiger partial charge >= 0.3 is 0 Å².